The molecule has 1 fully saturated rings. The molecule has 0 bridgehead atoms. The SMILES string of the molecule is Nc1cccc(-c2nnnn2C2CCCOC2)c1. The zero-order valence-corrected chi connectivity index (χ0v) is 9.99. The van der Waals surface area contributed by atoms with E-state index in [4.69, 9.17) is 10.5 Å². The average Bonchev–Trinajstić information content (AvgIpc) is 2.89. The molecule has 0 spiro atoms. The smallest absolute Gasteiger partial charge is 0.182 e. The summed E-state index contributed by atoms with van der Waals surface area (Å²) in [5.41, 5.74) is 7.44. The average molecular weight is 245 g/mol. The summed E-state index contributed by atoms with van der Waals surface area (Å²) in [4.78, 5) is 0. The molecule has 0 saturated carbocycles. The molecule has 0 amide bonds. The zero-order valence-electron chi connectivity index (χ0n) is 9.99. The van der Waals surface area contributed by atoms with Crippen LogP contribution < -0.4 is 5.73 Å². The van der Waals surface area contributed by atoms with Crippen LogP contribution >= 0.6 is 0 Å². The van der Waals surface area contributed by atoms with Crippen LogP contribution in [0.15, 0.2) is 24.3 Å². The number of nitrogens with zero attached hydrogens (tertiary/aromatic N) is 4. The third-order valence-corrected chi connectivity index (χ3v) is 3.12. The Hall–Kier alpha value is -1.95. The Morgan fingerprint density at radius 2 is 2.33 bits per heavy atom. The monoisotopic (exact) mass is 245 g/mol. The summed E-state index contributed by atoms with van der Waals surface area (Å²) in [7, 11) is 0. The van der Waals surface area contributed by atoms with E-state index in [1.807, 2.05) is 28.9 Å². The summed E-state index contributed by atoms with van der Waals surface area (Å²) in [5.74, 6) is 0.748. The first-order chi connectivity index (χ1) is 8.84. The molecule has 2 heterocycles. The van der Waals surface area contributed by atoms with Crippen molar-refractivity contribution in [2.24, 2.45) is 0 Å². The van der Waals surface area contributed by atoms with E-state index in [0.717, 1.165) is 30.8 Å². The van der Waals surface area contributed by atoms with E-state index in [1.54, 1.807) is 0 Å². The largest absolute Gasteiger partial charge is 0.399 e. The Kier molecular flexibility index (Phi) is 2.93. The molecule has 18 heavy (non-hydrogen) atoms. The van der Waals surface area contributed by atoms with Gasteiger partial charge in [-0.05, 0) is 35.4 Å². The summed E-state index contributed by atoms with van der Waals surface area (Å²) < 4.78 is 7.32. The highest BCUT2D eigenvalue weighted by Gasteiger charge is 2.21. The standard InChI is InChI=1S/C12H15N5O/c13-10-4-1-3-9(7-10)12-14-15-16-17(12)11-5-2-6-18-8-11/h1,3-4,7,11H,2,5-6,8,13H2. The van der Waals surface area contributed by atoms with Crippen molar-refractivity contribution in [1.82, 2.24) is 20.2 Å². The number of benzene rings is 1. The van der Waals surface area contributed by atoms with Crippen molar-refractivity contribution in [3.05, 3.63) is 24.3 Å². The summed E-state index contributed by atoms with van der Waals surface area (Å²) >= 11 is 0. The maximum atomic E-state index is 5.79. The van der Waals surface area contributed by atoms with Crippen molar-refractivity contribution in [3.8, 4) is 11.4 Å². The van der Waals surface area contributed by atoms with E-state index in [2.05, 4.69) is 15.5 Å². The minimum absolute atomic E-state index is 0.213. The molecule has 1 aromatic heterocycles. The topological polar surface area (TPSA) is 78.9 Å². The number of aromatic nitrogens is 4. The van der Waals surface area contributed by atoms with Crippen LogP contribution in [-0.2, 0) is 4.74 Å². The highest BCUT2D eigenvalue weighted by Crippen LogP contribution is 2.25. The van der Waals surface area contributed by atoms with E-state index in [-0.39, 0.29) is 6.04 Å². The molecule has 1 aliphatic rings. The van der Waals surface area contributed by atoms with Crippen molar-refractivity contribution in [2.75, 3.05) is 18.9 Å². The second-order valence-corrected chi connectivity index (χ2v) is 4.44. The van der Waals surface area contributed by atoms with Crippen molar-refractivity contribution in [2.45, 2.75) is 18.9 Å². The third kappa shape index (κ3) is 2.06. The predicted molar refractivity (Wildman–Crippen MR) is 66.8 cm³/mol. The molecule has 1 aliphatic heterocycles. The molecule has 1 saturated heterocycles. The van der Waals surface area contributed by atoms with Crippen molar-refractivity contribution < 1.29 is 4.74 Å². The summed E-state index contributed by atoms with van der Waals surface area (Å²) in [5, 5.41) is 11.9. The molecule has 0 radical (unpaired) electrons. The Morgan fingerprint density at radius 1 is 1.39 bits per heavy atom. The number of ether oxygens (including phenoxy) is 1. The van der Waals surface area contributed by atoms with Gasteiger partial charge in [-0.25, -0.2) is 4.68 Å². The van der Waals surface area contributed by atoms with Gasteiger partial charge in [0.15, 0.2) is 5.82 Å². The molecule has 1 atom stereocenters. The quantitative estimate of drug-likeness (QED) is 0.806. The molecule has 2 N–H and O–H groups in total. The van der Waals surface area contributed by atoms with Crippen LogP contribution in [0.25, 0.3) is 11.4 Å². The normalized spacial score (nSPS) is 19.9. The van der Waals surface area contributed by atoms with Crippen LogP contribution in [0.4, 0.5) is 5.69 Å². The minimum atomic E-state index is 0.213. The number of nitrogens with two attached hydrogens (primary N) is 1. The zero-order chi connectivity index (χ0) is 12.4. The summed E-state index contributed by atoms with van der Waals surface area (Å²) in [6.07, 6.45) is 2.08. The molecule has 1 aromatic carbocycles. The van der Waals surface area contributed by atoms with Crippen molar-refractivity contribution in [1.29, 1.82) is 0 Å². The first-order valence-corrected chi connectivity index (χ1v) is 6.06. The van der Waals surface area contributed by atoms with Gasteiger partial charge in [-0.3, -0.25) is 0 Å². The van der Waals surface area contributed by atoms with Gasteiger partial charge in [0.1, 0.15) is 0 Å². The lowest BCUT2D eigenvalue weighted by Crippen LogP contribution is -2.23. The molecule has 94 valence electrons. The van der Waals surface area contributed by atoms with Crippen molar-refractivity contribution in [3.63, 3.8) is 0 Å². The Labute approximate surface area is 105 Å². The number of rotatable bonds is 2. The first-order valence-electron chi connectivity index (χ1n) is 6.06. The minimum Gasteiger partial charge on any atom is -0.399 e. The lowest BCUT2D eigenvalue weighted by atomic mass is 10.1. The summed E-state index contributed by atoms with van der Waals surface area (Å²) in [6.45, 7) is 1.49. The lowest BCUT2D eigenvalue weighted by molar-refractivity contribution is 0.0548. The van der Waals surface area contributed by atoms with E-state index < -0.39 is 0 Å². The van der Waals surface area contributed by atoms with Crippen LogP contribution in [0.3, 0.4) is 0 Å². The first kappa shape index (κ1) is 11.2. The van der Waals surface area contributed by atoms with E-state index in [0.29, 0.717) is 12.3 Å². The lowest BCUT2D eigenvalue weighted by Gasteiger charge is -2.22. The second-order valence-electron chi connectivity index (χ2n) is 4.44. The van der Waals surface area contributed by atoms with Gasteiger partial charge in [0.2, 0.25) is 0 Å². The molecular formula is C12H15N5O. The van der Waals surface area contributed by atoms with Gasteiger partial charge in [-0.1, -0.05) is 12.1 Å². The fraction of sp³-hybridized carbons (Fsp3) is 0.417. The molecule has 2 aromatic rings. The van der Waals surface area contributed by atoms with E-state index in [1.165, 1.54) is 0 Å². The predicted octanol–water partition coefficient (Wildman–Crippen LogP) is 1.27. The van der Waals surface area contributed by atoms with Gasteiger partial charge in [0, 0.05) is 17.9 Å². The highest BCUT2D eigenvalue weighted by molar-refractivity contribution is 5.60. The van der Waals surface area contributed by atoms with Crippen LogP contribution in [-0.4, -0.2) is 33.4 Å². The van der Waals surface area contributed by atoms with Crippen molar-refractivity contribution >= 4 is 5.69 Å². The van der Waals surface area contributed by atoms with Gasteiger partial charge < -0.3 is 10.5 Å². The Bertz CT molecular complexity index is 533. The Morgan fingerprint density at radius 3 is 3.11 bits per heavy atom. The number of anilines is 1. The van der Waals surface area contributed by atoms with Gasteiger partial charge in [-0.2, -0.15) is 0 Å². The van der Waals surface area contributed by atoms with Crippen LogP contribution in [0.1, 0.15) is 18.9 Å². The van der Waals surface area contributed by atoms with E-state index in [9.17, 15) is 0 Å². The molecular weight excluding hydrogens is 230 g/mol. The molecule has 0 aliphatic carbocycles. The van der Waals surface area contributed by atoms with Gasteiger partial charge >= 0.3 is 0 Å². The molecule has 3 rings (SSSR count). The maximum absolute atomic E-state index is 5.79. The Balaban J connectivity index is 1.95. The molecule has 1 unspecified atom stereocenters. The van der Waals surface area contributed by atoms with Crippen LogP contribution in [0.2, 0.25) is 0 Å². The summed E-state index contributed by atoms with van der Waals surface area (Å²) in [6, 6.07) is 7.81. The fourth-order valence-electron chi connectivity index (χ4n) is 2.22. The van der Waals surface area contributed by atoms with Crippen LogP contribution in [0, 0.1) is 0 Å². The number of hydrogen-bond donors (Lipinski definition) is 1. The molecule has 6 heteroatoms. The third-order valence-electron chi connectivity index (χ3n) is 3.12. The number of hydrogen-bond acceptors (Lipinski definition) is 5. The van der Waals surface area contributed by atoms with E-state index >= 15 is 0 Å². The maximum Gasteiger partial charge on any atom is 0.182 e. The number of tetrazole rings is 1. The van der Waals surface area contributed by atoms with Gasteiger partial charge in [-0.15, -0.1) is 5.10 Å². The van der Waals surface area contributed by atoms with Gasteiger partial charge in [0.25, 0.3) is 0 Å². The van der Waals surface area contributed by atoms with Crippen LogP contribution in [0.5, 0.6) is 0 Å². The highest BCUT2D eigenvalue weighted by atomic mass is 16.5. The number of nitrogen functional groups attached to an aromatic ring is 1. The van der Waals surface area contributed by atoms with Gasteiger partial charge in [0.05, 0.1) is 12.6 Å². The molecule has 6 nitrogen and oxygen atoms in total. The fourth-order valence-corrected chi connectivity index (χ4v) is 2.22. The second kappa shape index (κ2) is 4.73.